The summed E-state index contributed by atoms with van der Waals surface area (Å²) < 4.78 is 1.93. The summed E-state index contributed by atoms with van der Waals surface area (Å²) in [5, 5.41) is 7.71. The maximum absolute atomic E-state index is 4.39. The summed E-state index contributed by atoms with van der Waals surface area (Å²) in [7, 11) is 1.98. The summed E-state index contributed by atoms with van der Waals surface area (Å²) in [6.45, 7) is 3.22. The van der Waals surface area contributed by atoms with E-state index in [0.717, 1.165) is 6.54 Å². The minimum atomic E-state index is 0.523. The third-order valence-electron chi connectivity index (χ3n) is 2.31. The van der Waals surface area contributed by atoms with Gasteiger partial charge in [-0.3, -0.25) is 4.68 Å². The van der Waals surface area contributed by atoms with Gasteiger partial charge in [-0.25, -0.2) is 0 Å². The fraction of sp³-hybridized carbons (Fsp3) is 0.625. The van der Waals surface area contributed by atoms with E-state index in [1.54, 1.807) is 0 Å². The first-order valence-electron chi connectivity index (χ1n) is 4.01. The van der Waals surface area contributed by atoms with Crippen molar-refractivity contribution in [1.82, 2.24) is 15.1 Å². The second-order valence-electron chi connectivity index (χ2n) is 3.13. The smallest absolute Gasteiger partial charge is 0.0797 e. The molecule has 0 spiro atoms. The molecule has 0 aliphatic carbocycles. The number of aromatic nitrogens is 2. The van der Waals surface area contributed by atoms with Crippen LogP contribution in [0.2, 0.25) is 0 Å². The molecule has 3 heteroatoms. The van der Waals surface area contributed by atoms with Crippen molar-refractivity contribution >= 4 is 0 Å². The molecule has 1 atom stereocenters. The van der Waals surface area contributed by atoms with Crippen LogP contribution in [0.1, 0.15) is 23.9 Å². The van der Waals surface area contributed by atoms with Gasteiger partial charge >= 0.3 is 0 Å². The van der Waals surface area contributed by atoms with Gasteiger partial charge in [0.2, 0.25) is 0 Å². The van der Waals surface area contributed by atoms with Gasteiger partial charge < -0.3 is 5.32 Å². The lowest BCUT2D eigenvalue weighted by Gasteiger charge is -2.25. The first-order chi connectivity index (χ1) is 5.27. The van der Waals surface area contributed by atoms with Gasteiger partial charge in [0.15, 0.2) is 0 Å². The zero-order valence-electron chi connectivity index (χ0n) is 6.96. The predicted octanol–water partition coefficient (Wildman–Crippen LogP) is 0.763. The third-order valence-corrected chi connectivity index (χ3v) is 2.31. The number of nitrogens with zero attached hydrogens (tertiary/aromatic N) is 2. The molecule has 1 unspecified atom stereocenters. The monoisotopic (exact) mass is 151 g/mol. The Bertz CT molecular complexity index is 241. The van der Waals surface area contributed by atoms with Crippen LogP contribution < -0.4 is 5.32 Å². The van der Waals surface area contributed by atoms with Crippen LogP contribution in [0.15, 0.2) is 6.07 Å². The van der Waals surface area contributed by atoms with E-state index in [4.69, 9.17) is 0 Å². The van der Waals surface area contributed by atoms with Crippen LogP contribution in [0.3, 0.4) is 0 Å². The van der Waals surface area contributed by atoms with Crippen molar-refractivity contribution in [3.8, 4) is 0 Å². The fourth-order valence-electron chi connectivity index (χ4n) is 1.30. The third kappa shape index (κ3) is 1.05. The highest BCUT2D eigenvalue weighted by Crippen LogP contribution is 2.21. The number of hydrogen-bond donors (Lipinski definition) is 1. The SMILES string of the molecule is Cc1cc(C2CCN2)nn1C. The van der Waals surface area contributed by atoms with Crippen LogP contribution in [0.25, 0.3) is 0 Å². The average Bonchev–Trinajstić information content (AvgIpc) is 2.08. The van der Waals surface area contributed by atoms with Crippen molar-refractivity contribution < 1.29 is 0 Å². The zero-order chi connectivity index (χ0) is 7.84. The molecular formula is C8H13N3. The maximum atomic E-state index is 4.39. The van der Waals surface area contributed by atoms with E-state index >= 15 is 0 Å². The number of nitrogens with one attached hydrogen (secondary N) is 1. The highest BCUT2D eigenvalue weighted by Gasteiger charge is 2.20. The van der Waals surface area contributed by atoms with Crippen molar-refractivity contribution in [3.05, 3.63) is 17.5 Å². The minimum absolute atomic E-state index is 0.523. The van der Waals surface area contributed by atoms with E-state index in [-0.39, 0.29) is 0 Å². The van der Waals surface area contributed by atoms with Crippen molar-refractivity contribution in [2.24, 2.45) is 7.05 Å². The van der Waals surface area contributed by atoms with Gasteiger partial charge in [0, 0.05) is 12.7 Å². The lowest BCUT2D eigenvalue weighted by Crippen LogP contribution is -2.35. The molecule has 0 aromatic carbocycles. The molecule has 1 fully saturated rings. The Morgan fingerprint density at radius 2 is 2.45 bits per heavy atom. The standard InChI is InChI=1S/C8H13N3/c1-6-5-8(10-11(6)2)7-3-4-9-7/h5,7,9H,3-4H2,1-2H3. The van der Waals surface area contributed by atoms with E-state index in [1.165, 1.54) is 17.8 Å². The molecule has 1 N–H and O–H groups in total. The van der Waals surface area contributed by atoms with Crippen molar-refractivity contribution in [1.29, 1.82) is 0 Å². The lowest BCUT2D eigenvalue weighted by atomic mass is 10.0. The Hall–Kier alpha value is -0.830. The minimum Gasteiger partial charge on any atom is -0.308 e. The van der Waals surface area contributed by atoms with Crippen LogP contribution in [0, 0.1) is 6.92 Å². The Kier molecular flexibility index (Phi) is 1.46. The molecule has 1 aromatic rings. The summed E-state index contributed by atoms with van der Waals surface area (Å²) in [6, 6.07) is 2.67. The molecular weight excluding hydrogens is 138 g/mol. The van der Waals surface area contributed by atoms with Crippen LogP contribution in [-0.4, -0.2) is 16.3 Å². The van der Waals surface area contributed by atoms with E-state index in [9.17, 15) is 0 Å². The first-order valence-corrected chi connectivity index (χ1v) is 4.01. The first kappa shape index (κ1) is 6.85. The molecule has 11 heavy (non-hydrogen) atoms. The molecule has 0 amide bonds. The zero-order valence-corrected chi connectivity index (χ0v) is 6.96. The highest BCUT2D eigenvalue weighted by molar-refractivity contribution is 5.14. The largest absolute Gasteiger partial charge is 0.308 e. The van der Waals surface area contributed by atoms with E-state index < -0.39 is 0 Å². The van der Waals surface area contributed by atoms with Gasteiger partial charge in [-0.15, -0.1) is 0 Å². The Morgan fingerprint density at radius 3 is 2.82 bits per heavy atom. The second-order valence-corrected chi connectivity index (χ2v) is 3.13. The molecule has 0 radical (unpaired) electrons. The Labute approximate surface area is 66.4 Å². The summed E-state index contributed by atoms with van der Waals surface area (Å²) in [5.74, 6) is 0. The number of hydrogen-bond acceptors (Lipinski definition) is 2. The van der Waals surface area contributed by atoms with Crippen molar-refractivity contribution in [2.45, 2.75) is 19.4 Å². The van der Waals surface area contributed by atoms with Crippen molar-refractivity contribution in [3.63, 3.8) is 0 Å². The molecule has 2 rings (SSSR count). The van der Waals surface area contributed by atoms with Gasteiger partial charge in [0.1, 0.15) is 0 Å². The molecule has 60 valence electrons. The average molecular weight is 151 g/mol. The molecule has 1 saturated heterocycles. The molecule has 1 aliphatic rings. The van der Waals surface area contributed by atoms with Gasteiger partial charge in [0.25, 0.3) is 0 Å². The van der Waals surface area contributed by atoms with Gasteiger partial charge in [-0.1, -0.05) is 0 Å². The molecule has 2 heterocycles. The van der Waals surface area contributed by atoms with Crippen LogP contribution >= 0.6 is 0 Å². The van der Waals surface area contributed by atoms with Crippen LogP contribution in [-0.2, 0) is 7.05 Å². The van der Waals surface area contributed by atoms with Crippen molar-refractivity contribution in [2.75, 3.05) is 6.54 Å². The van der Waals surface area contributed by atoms with Crippen LogP contribution in [0.4, 0.5) is 0 Å². The second kappa shape index (κ2) is 2.34. The molecule has 3 nitrogen and oxygen atoms in total. The summed E-state index contributed by atoms with van der Waals surface area (Å²) in [6.07, 6.45) is 1.23. The van der Waals surface area contributed by atoms with E-state index in [1.807, 2.05) is 11.7 Å². The van der Waals surface area contributed by atoms with E-state index in [2.05, 4.69) is 23.4 Å². The maximum Gasteiger partial charge on any atom is 0.0797 e. The van der Waals surface area contributed by atoms with E-state index in [0.29, 0.717) is 6.04 Å². The Balaban J connectivity index is 2.24. The predicted molar refractivity (Wildman–Crippen MR) is 43.3 cm³/mol. The molecule has 1 aliphatic heterocycles. The quantitative estimate of drug-likeness (QED) is 0.642. The summed E-state index contributed by atoms with van der Waals surface area (Å²) in [4.78, 5) is 0. The normalized spacial score (nSPS) is 23.3. The lowest BCUT2D eigenvalue weighted by molar-refractivity contribution is 0.372. The number of rotatable bonds is 1. The topological polar surface area (TPSA) is 29.9 Å². The summed E-state index contributed by atoms with van der Waals surface area (Å²) >= 11 is 0. The molecule has 0 saturated carbocycles. The van der Waals surface area contributed by atoms with Gasteiger partial charge in [-0.05, 0) is 26.0 Å². The van der Waals surface area contributed by atoms with Crippen LogP contribution in [0.5, 0.6) is 0 Å². The number of aryl methyl sites for hydroxylation is 2. The van der Waals surface area contributed by atoms with Gasteiger partial charge in [0.05, 0.1) is 11.7 Å². The van der Waals surface area contributed by atoms with Gasteiger partial charge in [-0.2, -0.15) is 5.10 Å². The Morgan fingerprint density at radius 1 is 1.73 bits per heavy atom. The highest BCUT2D eigenvalue weighted by atomic mass is 15.3. The fourth-order valence-corrected chi connectivity index (χ4v) is 1.30. The molecule has 1 aromatic heterocycles. The molecule has 0 bridgehead atoms. The summed E-state index contributed by atoms with van der Waals surface area (Å²) in [5.41, 5.74) is 2.42.